The summed E-state index contributed by atoms with van der Waals surface area (Å²) in [7, 11) is 0. The summed E-state index contributed by atoms with van der Waals surface area (Å²) in [6.45, 7) is 1.21. The van der Waals surface area contributed by atoms with Crippen molar-refractivity contribution in [3.05, 3.63) is 70.4 Å². The van der Waals surface area contributed by atoms with Crippen LogP contribution in [0.5, 0.6) is 0 Å². The summed E-state index contributed by atoms with van der Waals surface area (Å²) >= 11 is 14.3. The Bertz CT molecular complexity index is 1230. The third kappa shape index (κ3) is 5.90. The van der Waals surface area contributed by atoms with Crippen LogP contribution in [0.1, 0.15) is 11.1 Å². The van der Waals surface area contributed by atoms with Crippen molar-refractivity contribution in [2.24, 2.45) is 0 Å². The van der Waals surface area contributed by atoms with Crippen molar-refractivity contribution in [1.29, 1.82) is 0 Å². The zero-order valence-corrected chi connectivity index (χ0v) is 20.2. The van der Waals surface area contributed by atoms with Crippen LogP contribution in [-0.4, -0.2) is 31.1 Å². The summed E-state index contributed by atoms with van der Waals surface area (Å²) in [5.41, 5.74) is 0.965. The molecule has 0 spiro atoms. The smallest absolute Gasteiger partial charge is 0.348 e. The summed E-state index contributed by atoms with van der Waals surface area (Å²) in [5, 5.41) is 14.5. The fourth-order valence-corrected chi connectivity index (χ4v) is 4.37. The van der Waals surface area contributed by atoms with Gasteiger partial charge in [-0.25, -0.2) is 4.79 Å². The molecule has 2 heterocycles. The number of carbonyl (C=O) groups excluding carboxylic acids is 2. The Kier molecular flexibility index (Phi) is 7.27. The lowest BCUT2D eigenvalue weighted by Gasteiger charge is -2.31. The first kappa shape index (κ1) is 25.3. The Morgan fingerprint density at radius 1 is 1.00 bits per heavy atom. The van der Waals surface area contributed by atoms with Gasteiger partial charge in [-0.3, -0.25) is 4.79 Å². The maximum Gasteiger partial charge on any atom is 0.416 e. The van der Waals surface area contributed by atoms with Crippen LogP contribution in [0.2, 0.25) is 0 Å². The highest BCUT2D eigenvalue weighted by Gasteiger charge is 2.38. The number of hydrogen-bond donors (Lipinski definition) is 4. The molecule has 0 atom stereocenters. The van der Waals surface area contributed by atoms with E-state index in [2.05, 4.69) is 21.3 Å². The van der Waals surface area contributed by atoms with Gasteiger partial charge in [0, 0.05) is 24.3 Å². The largest absolute Gasteiger partial charge is 0.416 e. The van der Waals surface area contributed by atoms with E-state index in [4.69, 9.17) is 23.2 Å². The third-order valence-corrected chi connectivity index (χ3v) is 6.78. The van der Waals surface area contributed by atoms with E-state index < -0.39 is 28.0 Å². The van der Waals surface area contributed by atoms with Crippen molar-refractivity contribution in [3.8, 4) is 11.1 Å². The molecule has 0 aliphatic carbocycles. The summed E-state index contributed by atoms with van der Waals surface area (Å²) in [6, 6.07) is 9.96. The number of carbonyl (C=O) groups is 2. The van der Waals surface area contributed by atoms with Crippen LogP contribution in [0.25, 0.3) is 11.1 Å². The highest BCUT2D eigenvalue weighted by molar-refractivity contribution is 7.08. The molecule has 0 bridgehead atoms. The second-order valence-corrected chi connectivity index (χ2v) is 9.94. The van der Waals surface area contributed by atoms with E-state index in [1.807, 2.05) is 16.8 Å². The topological polar surface area (TPSA) is 82.3 Å². The number of benzene rings is 2. The number of amides is 3. The van der Waals surface area contributed by atoms with Crippen LogP contribution >= 0.6 is 34.5 Å². The van der Waals surface area contributed by atoms with Crippen LogP contribution in [-0.2, 0) is 15.3 Å². The first-order valence-electron chi connectivity index (χ1n) is 10.4. The second kappa shape index (κ2) is 10.1. The number of halogens is 5. The molecule has 4 N–H and O–H groups in total. The average Bonchev–Trinajstić information content (AvgIpc) is 3.30. The van der Waals surface area contributed by atoms with Crippen LogP contribution in [0, 0.1) is 0 Å². The van der Waals surface area contributed by atoms with Gasteiger partial charge in [-0.15, -0.1) is 0 Å². The van der Waals surface area contributed by atoms with Gasteiger partial charge < -0.3 is 21.3 Å². The molecule has 0 unspecified atom stereocenters. The number of thiophene rings is 1. The maximum atomic E-state index is 13.0. The minimum Gasteiger partial charge on any atom is -0.348 e. The molecule has 1 aliphatic rings. The van der Waals surface area contributed by atoms with E-state index in [1.165, 1.54) is 29.5 Å². The molecule has 0 saturated carbocycles. The molecular weight excluding hydrogens is 524 g/mol. The van der Waals surface area contributed by atoms with Crippen molar-refractivity contribution in [2.45, 2.75) is 16.6 Å². The third-order valence-electron chi connectivity index (χ3n) is 5.31. The fraction of sp³-hybridized carbons (Fsp3) is 0.217. The minimum absolute atomic E-state index is 0.0388. The van der Waals surface area contributed by atoms with Crippen LogP contribution in [0.4, 0.5) is 29.3 Å². The van der Waals surface area contributed by atoms with Crippen molar-refractivity contribution < 1.29 is 22.8 Å². The number of anilines is 2. The van der Waals surface area contributed by atoms with Gasteiger partial charge in [-0.1, -0.05) is 41.4 Å². The standard InChI is InChI=1S/C23H19Cl2F3N4O2S/c24-22(25,20(33)30-17-10-29-11-17)14-4-5-18(13-6-7-35-12-13)19(9-14)32-21(34)31-16-3-1-2-15(8-16)23(26,27)28/h1-9,12,17,29H,10-11H2,(H,30,33)(H2,31,32,34). The Labute approximate surface area is 212 Å². The molecule has 35 heavy (non-hydrogen) atoms. The lowest BCUT2D eigenvalue weighted by molar-refractivity contribution is -0.137. The number of alkyl halides is 5. The van der Waals surface area contributed by atoms with E-state index in [-0.39, 0.29) is 23.0 Å². The predicted octanol–water partition coefficient (Wildman–Crippen LogP) is 5.80. The number of hydrogen-bond acceptors (Lipinski definition) is 4. The van der Waals surface area contributed by atoms with Crippen molar-refractivity contribution >= 4 is 57.9 Å². The van der Waals surface area contributed by atoms with Gasteiger partial charge in [0.2, 0.25) is 4.33 Å². The van der Waals surface area contributed by atoms with Gasteiger partial charge in [0.15, 0.2) is 0 Å². The summed E-state index contributed by atoms with van der Waals surface area (Å²) in [4.78, 5) is 25.4. The quantitative estimate of drug-likeness (QED) is 0.297. The Balaban J connectivity index is 1.59. The summed E-state index contributed by atoms with van der Waals surface area (Å²) in [6.07, 6.45) is -4.55. The van der Waals surface area contributed by atoms with E-state index in [9.17, 15) is 22.8 Å². The molecule has 6 nitrogen and oxygen atoms in total. The van der Waals surface area contributed by atoms with E-state index in [0.29, 0.717) is 18.7 Å². The predicted molar refractivity (Wildman–Crippen MR) is 132 cm³/mol. The molecule has 3 aromatic rings. The molecule has 184 valence electrons. The molecule has 12 heteroatoms. The number of rotatable bonds is 6. The number of nitrogens with one attached hydrogen (secondary N) is 4. The lowest BCUT2D eigenvalue weighted by Crippen LogP contribution is -2.58. The molecule has 4 rings (SSSR count). The maximum absolute atomic E-state index is 13.0. The van der Waals surface area contributed by atoms with Crippen molar-refractivity contribution in [1.82, 2.24) is 10.6 Å². The van der Waals surface area contributed by atoms with Gasteiger partial charge in [-0.05, 0) is 52.2 Å². The van der Waals surface area contributed by atoms with Gasteiger partial charge in [0.25, 0.3) is 5.91 Å². The summed E-state index contributed by atoms with van der Waals surface area (Å²) < 4.78 is 37.1. The molecule has 0 radical (unpaired) electrons. The monoisotopic (exact) mass is 542 g/mol. The SMILES string of the molecule is O=C(Nc1cccc(C(F)(F)F)c1)Nc1cc(C(Cl)(Cl)C(=O)NC2CNC2)ccc1-c1ccsc1. The molecular formula is C23H19Cl2F3N4O2S. The number of urea groups is 1. The van der Waals surface area contributed by atoms with E-state index in [0.717, 1.165) is 17.7 Å². The highest BCUT2D eigenvalue weighted by Crippen LogP contribution is 2.39. The van der Waals surface area contributed by atoms with Crippen LogP contribution in [0.15, 0.2) is 59.3 Å². The Morgan fingerprint density at radius 3 is 2.40 bits per heavy atom. The summed E-state index contributed by atoms with van der Waals surface area (Å²) in [5.74, 6) is -0.602. The zero-order valence-electron chi connectivity index (χ0n) is 17.9. The Morgan fingerprint density at radius 2 is 1.77 bits per heavy atom. The minimum atomic E-state index is -4.55. The first-order chi connectivity index (χ1) is 16.5. The molecule has 1 fully saturated rings. The molecule has 1 saturated heterocycles. The fourth-order valence-electron chi connectivity index (χ4n) is 3.37. The first-order valence-corrected chi connectivity index (χ1v) is 12.1. The molecule has 1 aliphatic heterocycles. The van der Waals surface area contributed by atoms with E-state index >= 15 is 0 Å². The average molecular weight is 543 g/mol. The van der Waals surface area contributed by atoms with Crippen LogP contribution < -0.4 is 21.3 Å². The molecule has 1 aromatic heterocycles. The zero-order chi connectivity index (χ0) is 25.2. The van der Waals surface area contributed by atoms with Gasteiger partial charge in [-0.2, -0.15) is 24.5 Å². The van der Waals surface area contributed by atoms with Crippen molar-refractivity contribution in [2.75, 3.05) is 23.7 Å². The van der Waals surface area contributed by atoms with Gasteiger partial charge in [0.05, 0.1) is 17.3 Å². The molecule has 3 amide bonds. The lowest BCUT2D eigenvalue weighted by atomic mass is 10.0. The van der Waals surface area contributed by atoms with Gasteiger partial charge in [0.1, 0.15) is 0 Å². The van der Waals surface area contributed by atoms with Crippen molar-refractivity contribution in [3.63, 3.8) is 0 Å². The highest BCUT2D eigenvalue weighted by atomic mass is 35.5. The molecule has 2 aromatic carbocycles. The second-order valence-electron chi connectivity index (χ2n) is 7.83. The van der Waals surface area contributed by atoms with Crippen LogP contribution in [0.3, 0.4) is 0 Å². The Hall–Kier alpha value is -2.79. The van der Waals surface area contributed by atoms with Gasteiger partial charge >= 0.3 is 12.2 Å². The van der Waals surface area contributed by atoms with E-state index in [1.54, 1.807) is 12.1 Å². The normalized spacial score (nSPS) is 14.2.